The summed E-state index contributed by atoms with van der Waals surface area (Å²) in [6.07, 6.45) is 0.585. The molecule has 1 amide bonds. The highest BCUT2D eigenvalue weighted by Crippen LogP contribution is 2.32. The number of aliphatic hydroxyl groups is 1. The van der Waals surface area contributed by atoms with Gasteiger partial charge in [-0.1, -0.05) is 12.1 Å². The molecule has 126 valence electrons. The van der Waals surface area contributed by atoms with E-state index in [9.17, 15) is 23.8 Å². The van der Waals surface area contributed by atoms with Crippen LogP contribution in [0.1, 0.15) is 34.9 Å². The van der Waals surface area contributed by atoms with E-state index in [2.05, 4.69) is 0 Å². The molecular weight excluding hydrogens is 316 g/mol. The van der Waals surface area contributed by atoms with Gasteiger partial charge in [0.1, 0.15) is 17.4 Å². The van der Waals surface area contributed by atoms with Crippen LogP contribution in [0.2, 0.25) is 0 Å². The van der Waals surface area contributed by atoms with Gasteiger partial charge in [-0.15, -0.1) is 0 Å². The lowest BCUT2D eigenvalue weighted by molar-refractivity contribution is 0.0600. The van der Waals surface area contributed by atoms with Gasteiger partial charge in [-0.05, 0) is 48.7 Å². The molecular formula is C18H17F2NO3. The second kappa shape index (κ2) is 6.57. The minimum Gasteiger partial charge on any atom is -0.507 e. The fourth-order valence-corrected chi connectivity index (χ4v) is 2.59. The molecule has 2 N–H and O–H groups in total. The Morgan fingerprint density at radius 2 is 1.75 bits per heavy atom. The van der Waals surface area contributed by atoms with E-state index in [0.717, 1.165) is 31.0 Å². The third-order valence-electron chi connectivity index (χ3n) is 4.06. The Morgan fingerprint density at radius 1 is 1.12 bits per heavy atom. The summed E-state index contributed by atoms with van der Waals surface area (Å²) < 4.78 is 26.4. The maximum Gasteiger partial charge on any atom is 0.258 e. The molecule has 1 saturated carbocycles. The van der Waals surface area contributed by atoms with Crippen LogP contribution in [0, 0.1) is 11.6 Å². The van der Waals surface area contributed by atoms with E-state index in [1.165, 1.54) is 29.2 Å². The number of halogens is 2. The summed E-state index contributed by atoms with van der Waals surface area (Å²) in [5, 5.41) is 20.1. The van der Waals surface area contributed by atoms with E-state index in [1.54, 1.807) is 0 Å². The number of aliphatic hydroxyl groups excluding tert-OH is 1. The van der Waals surface area contributed by atoms with Gasteiger partial charge in [0, 0.05) is 6.04 Å². The van der Waals surface area contributed by atoms with Crippen molar-refractivity contribution in [1.82, 2.24) is 4.90 Å². The number of rotatable bonds is 5. The van der Waals surface area contributed by atoms with Crippen molar-refractivity contribution in [3.05, 3.63) is 65.2 Å². The Labute approximate surface area is 138 Å². The summed E-state index contributed by atoms with van der Waals surface area (Å²) in [5.74, 6) is -1.87. The number of carbonyl (C=O) groups excluding carboxylic acids is 1. The van der Waals surface area contributed by atoms with Crippen molar-refractivity contribution in [2.45, 2.75) is 25.0 Å². The maximum absolute atomic E-state index is 13.4. The summed E-state index contributed by atoms with van der Waals surface area (Å²) in [6.45, 7) is -0.00884. The van der Waals surface area contributed by atoms with Gasteiger partial charge in [-0.2, -0.15) is 0 Å². The smallest absolute Gasteiger partial charge is 0.258 e. The van der Waals surface area contributed by atoms with Crippen LogP contribution in [0.25, 0.3) is 0 Å². The molecule has 1 fully saturated rings. The van der Waals surface area contributed by atoms with Crippen LogP contribution >= 0.6 is 0 Å². The zero-order valence-corrected chi connectivity index (χ0v) is 12.8. The number of phenols is 1. The van der Waals surface area contributed by atoms with E-state index in [0.29, 0.717) is 5.56 Å². The number of nitrogens with zero attached hydrogens (tertiary/aromatic N) is 1. The number of hydrogen-bond acceptors (Lipinski definition) is 3. The maximum atomic E-state index is 13.4. The quantitative estimate of drug-likeness (QED) is 0.884. The molecule has 0 spiro atoms. The summed E-state index contributed by atoms with van der Waals surface area (Å²) in [7, 11) is 0. The molecule has 1 atom stereocenters. The predicted octanol–water partition coefficient (Wildman–Crippen LogP) is 3.01. The lowest BCUT2D eigenvalue weighted by atomic mass is 10.1. The zero-order chi connectivity index (χ0) is 17.3. The minimum atomic E-state index is -0.995. The lowest BCUT2D eigenvalue weighted by Crippen LogP contribution is -2.36. The zero-order valence-electron chi connectivity index (χ0n) is 12.8. The number of phenolic OH excluding ortho intramolecular Hbond substituents is 1. The largest absolute Gasteiger partial charge is 0.507 e. The number of amides is 1. The molecule has 24 heavy (non-hydrogen) atoms. The Balaban J connectivity index is 1.81. The molecule has 0 radical (unpaired) electrons. The SMILES string of the molecule is O=C(c1cc(F)ccc1O)N(CC(O)c1ccc(F)cc1)C1CC1. The number of carbonyl (C=O) groups is 1. The predicted molar refractivity (Wildman–Crippen MR) is 83.5 cm³/mol. The molecule has 2 aromatic carbocycles. The molecule has 0 aliphatic heterocycles. The number of hydrogen-bond donors (Lipinski definition) is 2. The molecule has 1 aliphatic carbocycles. The van der Waals surface area contributed by atoms with Crippen LogP contribution in [-0.4, -0.2) is 33.6 Å². The number of aromatic hydroxyl groups is 1. The van der Waals surface area contributed by atoms with Crippen LogP contribution in [0.15, 0.2) is 42.5 Å². The monoisotopic (exact) mass is 333 g/mol. The number of benzene rings is 2. The summed E-state index contributed by atoms with van der Waals surface area (Å²) in [5.41, 5.74) is 0.353. The van der Waals surface area contributed by atoms with Crippen molar-refractivity contribution in [2.75, 3.05) is 6.54 Å². The van der Waals surface area contributed by atoms with Crippen molar-refractivity contribution >= 4 is 5.91 Å². The van der Waals surface area contributed by atoms with Gasteiger partial charge in [-0.3, -0.25) is 4.79 Å². The average molecular weight is 333 g/mol. The first kappa shape index (κ1) is 16.4. The summed E-state index contributed by atoms with van der Waals surface area (Å²) in [6, 6.07) is 8.52. The molecule has 1 aliphatic rings. The Kier molecular flexibility index (Phi) is 4.49. The van der Waals surface area contributed by atoms with E-state index in [1.807, 2.05) is 0 Å². The van der Waals surface area contributed by atoms with Crippen molar-refractivity contribution < 1.29 is 23.8 Å². The molecule has 1 unspecified atom stereocenters. The van der Waals surface area contributed by atoms with Crippen LogP contribution in [0.5, 0.6) is 5.75 Å². The first-order chi connectivity index (χ1) is 11.5. The third-order valence-corrected chi connectivity index (χ3v) is 4.06. The first-order valence-electron chi connectivity index (χ1n) is 7.68. The van der Waals surface area contributed by atoms with Crippen molar-refractivity contribution in [1.29, 1.82) is 0 Å². The second-order valence-corrected chi connectivity index (χ2v) is 5.92. The van der Waals surface area contributed by atoms with Gasteiger partial charge in [-0.25, -0.2) is 8.78 Å². The molecule has 0 bridgehead atoms. The standard InChI is InChI=1S/C18H17F2NO3/c19-12-3-1-11(2-4-12)17(23)10-21(14-6-7-14)18(24)15-9-13(20)5-8-16(15)22/h1-5,8-9,14,17,22-23H,6-7,10H2. The highest BCUT2D eigenvalue weighted by Gasteiger charge is 2.35. The first-order valence-corrected chi connectivity index (χ1v) is 7.68. The van der Waals surface area contributed by atoms with Crippen LogP contribution < -0.4 is 0 Å². The Morgan fingerprint density at radius 3 is 2.38 bits per heavy atom. The highest BCUT2D eigenvalue weighted by molar-refractivity contribution is 5.97. The lowest BCUT2D eigenvalue weighted by Gasteiger charge is -2.26. The summed E-state index contributed by atoms with van der Waals surface area (Å²) in [4.78, 5) is 14.1. The molecule has 2 aromatic rings. The van der Waals surface area contributed by atoms with Gasteiger partial charge in [0.15, 0.2) is 0 Å². The van der Waals surface area contributed by atoms with Crippen LogP contribution in [-0.2, 0) is 0 Å². The van der Waals surface area contributed by atoms with Crippen LogP contribution in [0.3, 0.4) is 0 Å². The van der Waals surface area contributed by atoms with Gasteiger partial charge in [0.2, 0.25) is 0 Å². The van der Waals surface area contributed by atoms with Crippen LogP contribution in [0.4, 0.5) is 8.78 Å². The van der Waals surface area contributed by atoms with Gasteiger partial charge < -0.3 is 15.1 Å². The molecule has 0 heterocycles. The van der Waals surface area contributed by atoms with E-state index in [-0.39, 0.29) is 23.9 Å². The van der Waals surface area contributed by atoms with Crippen molar-refractivity contribution in [3.63, 3.8) is 0 Å². The van der Waals surface area contributed by atoms with E-state index < -0.39 is 23.6 Å². The van der Waals surface area contributed by atoms with Gasteiger partial charge in [0.05, 0.1) is 18.2 Å². The Bertz CT molecular complexity index is 744. The Hall–Kier alpha value is -2.47. The fraction of sp³-hybridized carbons (Fsp3) is 0.278. The highest BCUT2D eigenvalue weighted by atomic mass is 19.1. The van der Waals surface area contributed by atoms with Crippen molar-refractivity contribution in [2.24, 2.45) is 0 Å². The minimum absolute atomic E-state index is 0.00884. The van der Waals surface area contributed by atoms with Gasteiger partial charge in [0.25, 0.3) is 5.91 Å². The molecule has 0 saturated heterocycles. The third kappa shape index (κ3) is 3.54. The van der Waals surface area contributed by atoms with Crippen molar-refractivity contribution in [3.8, 4) is 5.75 Å². The second-order valence-electron chi connectivity index (χ2n) is 5.92. The average Bonchev–Trinajstić information content (AvgIpc) is 3.39. The topological polar surface area (TPSA) is 60.8 Å². The van der Waals surface area contributed by atoms with E-state index >= 15 is 0 Å². The molecule has 6 heteroatoms. The molecule has 0 aromatic heterocycles. The summed E-state index contributed by atoms with van der Waals surface area (Å²) >= 11 is 0. The normalized spacial score (nSPS) is 15.1. The molecule has 4 nitrogen and oxygen atoms in total. The molecule has 3 rings (SSSR count). The van der Waals surface area contributed by atoms with E-state index in [4.69, 9.17) is 0 Å². The van der Waals surface area contributed by atoms with Gasteiger partial charge >= 0.3 is 0 Å². The fourth-order valence-electron chi connectivity index (χ4n) is 2.59.